The van der Waals surface area contributed by atoms with Crippen molar-refractivity contribution in [3.8, 4) is 0 Å². The third-order valence-corrected chi connectivity index (χ3v) is 2.77. The van der Waals surface area contributed by atoms with Crippen molar-refractivity contribution in [3.05, 3.63) is 24.2 Å². The summed E-state index contributed by atoms with van der Waals surface area (Å²) in [6.07, 6.45) is 3.18. The summed E-state index contributed by atoms with van der Waals surface area (Å²) >= 11 is 0. The molecule has 0 spiro atoms. The summed E-state index contributed by atoms with van der Waals surface area (Å²) in [6.45, 7) is 0. The number of rotatable bonds is 2. The molecule has 3 atom stereocenters. The van der Waals surface area contributed by atoms with Gasteiger partial charge in [0, 0.05) is 5.92 Å². The minimum atomic E-state index is -0.646. The molecule has 13 heavy (non-hydrogen) atoms. The van der Waals surface area contributed by atoms with Crippen molar-refractivity contribution in [3.63, 3.8) is 0 Å². The van der Waals surface area contributed by atoms with Gasteiger partial charge in [0.2, 0.25) is 0 Å². The van der Waals surface area contributed by atoms with Gasteiger partial charge in [-0.3, -0.25) is 0 Å². The molecule has 1 fully saturated rings. The van der Waals surface area contributed by atoms with Crippen LogP contribution in [0.1, 0.15) is 31.1 Å². The zero-order valence-electron chi connectivity index (χ0n) is 7.39. The molecule has 0 saturated heterocycles. The number of hydrogen-bond acceptors (Lipinski definition) is 3. The molecule has 0 bridgehead atoms. The molecule has 0 radical (unpaired) electrons. The zero-order valence-corrected chi connectivity index (χ0v) is 7.39. The van der Waals surface area contributed by atoms with E-state index in [0.29, 0.717) is 5.76 Å². The lowest BCUT2D eigenvalue weighted by Crippen LogP contribution is -2.20. The number of aliphatic hydroxyl groups is 2. The molecule has 72 valence electrons. The Morgan fingerprint density at radius 1 is 1.46 bits per heavy atom. The number of furan rings is 1. The van der Waals surface area contributed by atoms with Crippen LogP contribution in [0.5, 0.6) is 0 Å². The largest absolute Gasteiger partial charge is 0.467 e. The fourth-order valence-corrected chi connectivity index (χ4v) is 2.01. The molecule has 1 aliphatic rings. The molecular formula is C10H14O3. The SMILES string of the molecule is O[C@@H]1CCC[C@H]1[C@@H](O)c1ccco1. The van der Waals surface area contributed by atoms with Crippen LogP contribution in [-0.2, 0) is 0 Å². The van der Waals surface area contributed by atoms with Gasteiger partial charge in [-0.05, 0) is 25.0 Å². The summed E-state index contributed by atoms with van der Waals surface area (Å²) in [5.41, 5.74) is 0. The number of hydrogen-bond donors (Lipinski definition) is 2. The predicted octanol–water partition coefficient (Wildman–Crippen LogP) is 1.47. The van der Waals surface area contributed by atoms with Gasteiger partial charge in [-0.15, -0.1) is 0 Å². The van der Waals surface area contributed by atoms with Gasteiger partial charge in [-0.2, -0.15) is 0 Å². The van der Waals surface area contributed by atoms with E-state index >= 15 is 0 Å². The van der Waals surface area contributed by atoms with Gasteiger partial charge < -0.3 is 14.6 Å². The van der Waals surface area contributed by atoms with Gasteiger partial charge in [-0.1, -0.05) is 6.42 Å². The second-order valence-electron chi connectivity index (χ2n) is 3.62. The van der Waals surface area contributed by atoms with Gasteiger partial charge >= 0.3 is 0 Å². The standard InChI is InChI=1S/C10H14O3/c11-8-4-1-3-7(8)10(12)9-5-2-6-13-9/h2,5-8,10-12H,1,3-4H2/t7-,8-,10-/m1/s1. The van der Waals surface area contributed by atoms with E-state index in [1.54, 1.807) is 18.4 Å². The van der Waals surface area contributed by atoms with Crippen LogP contribution in [0.2, 0.25) is 0 Å². The molecule has 1 saturated carbocycles. The Kier molecular flexibility index (Phi) is 2.38. The minimum absolute atomic E-state index is 0.0499. The van der Waals surface area contributed by atoms with Crippen LogP contribution >= 0.6 is 0 Å². The van der Waals surface area contributed by atoms with E-state index in [9.17, 15) is 10.2 Å². The Bertz CT molecular complexity index is 255. The second-order valence-corrected chi connectivity index (χ2v) is 3.62. The van der Waals surface area contributed by atoms with Crippen molar-refractivity contribution in [1.82, 2.24) is 0 Å². The molecule has 1 aromatic heterocycles. The van der Waals surface area contributed by atoms with Crippen molar-refractivity contribution in [2.45, 2.75) is 31.5 Å². The van der Waals surface area contributed by atoms with Gasteiger partial charge in [0.25, 0.3) is 0 Å². The first-order chi connectivity index (χ1) is 6.29. The zero-order chi connectivity index (χ0) is 9.26. The Balaban J connectivity index is 2.08. The Labute approximate surface area is 77.0 Å². The van der Waals surface area contributed by atoms with Gasteiger partial charge in [0.1, 0.15) is 11.9 Å². The van der Waals surface area contributed by atoms with E-state index in [1.807, 2.05) is 0 Å². The highest BCUT2D eigenvalue weighted by molar-refractivity contribution is 5.04. The highest BCUT2D eigenvalue weighted by Crippen LogP contribution is 2.35. The monoisotopic (exact) mass is 182 g/mol. The predicted molar refractivity (Wildman–Crippen MR) is 47.0 cm³/mol. The molecule has 3 heteroatoms. The highest BCUT2D eigenvalue weighted by atomic mass is 16.4. The lowest BCUT2D eigenvalue weighted by molar-refractivity contribution is 0.0186. The number of aliphatic hydroxyl groups excluding tert-OH is 2. The smallest absolute Gasteiger partial charge is 0.132 e. The molecule has 2 N–H and O–H groups in total. The molecule has 1 aliphatic carbocycles. The summed E-state index contributed by atoms with van der Waals surface area (Å²) in [4.78, 5) is 0. The van der Waals surface area contributed by atoms with Crippen molar-refractivity contribution in [2.24, 2.45) is 5.92 Å². The van der Waals surface area contributed by atoms with Crippen LogP contribution in [0, 0.1) is 5.92 Å². The van der Waals surface area contributed by atoms with Crippen LogP contribution in [-0.4, -0.2) is 16.3 Å². The Hall–Kier alpha value is -0.800. The lowest BCUT2D eigenvalue weighted by Gasteiger charge is -2.18. The molecular weight excluding hydrogens is 168 g/mol. The quantitative estimate of drug-likeness (QED) is 0.728. The van der Waals surface area contributed by atoms with Gasteiger partial charge in [0.15, 0.2) is 0 Å². The lowest BCUT2D eigenvalue weighted by atomic mass is 9.97. The van der Waals surface area contributed by atoms with Crippen LogP contribution in [0.3, 0.4) is 0 Å². The highest BCUT2D eigenvalue weighted by Gasteiger charge is 2.33. The molecule has 2 rings (SSSR count). The normalized spacial score (nSPS) is 30.6. The van der Waals surface area contributed by atoms with Crippen LogP contribution in [0.25, 0.3) is 0 Å². The topological polar surface area (TPSA) is 53.6 Å². The molecule has 0 unspecified atom stereocenters. The van der Waals surface area contributed by atoms with Crippen molar-refractivity contribution in [1.29, 1.82) is 0 Å². The summed E-state index contributed by atoms with van der Waals surface area (Å²) < 4.78 is 5.09. The van der Waals surface area contributed by atoms with Crippen LogP contribution in [0.4, 0.5) is 0 Å². The Morgan fingerprint density at radius 3 is 2.85 bits per heavy atom. The van der Waals surface area contributed by atoms with E-state index < -0.39 is 6.10 Å². The summed E-state index contributed by atoms with van der Waals surface area (Å²) in [7, 11) is 0. The molecule has 0 aromatic carbocycles. The molecule has 0 aliphatic heterocycles. The summed E-state index contributed by atoms with van der Waals surface area (Å²) in [5.74, 6) is 0.511. The van der Waals surface area contributed by atoms with E-state index in [-0.39, 0.29) is 12.0 Å². The first kappa shape index (κ1) is 8.78. The van der Waals surface area contributed by atoms with Crippen molar-refractivity contribution >= 4 is 0 Å². The van der Waals surface area contributed by atoms with E-state index in [1.165, 1.54) is 0 Å². The van der Waals surface area contributed by atoms with Crippen molar-refractivity contribution < 1.29 is 14.6 Å². The summed E-state index contributed by atoms with van der Waals surface area (Å²) in [5, 5.41) is 19.4. The maximum Gasteiger partial charge on any atom is 0.132 e. The maximum absolute atomic E-state index is 9.83. The van der Waals surface area contributed by atoms with Crippen LogP contribution < -0.4 is 0 Å². The second kappa shape index (κ2) is 3.52. The average Bonchev–Trinajstić information content (AvgIpc) is 2.72. The fraction of sp³-hybridized carbons (Fsp3) is 0.600. The molecule has 0 amide bonds. The van der Waals surface area contributed by atoms with Crippen LogP contribution in [0.15, 0.2) is 22.8 Å². The van der Waals surface area contributed by atoms with E-state index in [0.717, 1.165) is 19.3 Å². The third-order valence-electron chi connectivity index (χ3n) is 2.77. The fourth-order valence-electron chi connectivity index (χ4n) is 2.01. The molecule has 1 aromatic rings. The van der Waals surface area contributed by atoms with Crippen molar-refractivity contribution in [2.75, 3.05) is 0 Å². The van der Waals surface area contributed by atoms with E-state index in [4.69, 9.17) is 4.42 Å². The summed E-state index contributed by atoms with van der Waals surface area (Å²) in [6, 6.07) is 3.50. The third kappa shape index (κ3) is 1.62. The molecule has 3 nitrogen and oxygen atoms in total. The Morgan fingerprint density at radius 2 is 2.31 bits per heavy atom. The van der Waals surface area contributed by atoms with E-state index in [2.05, 4.69) is 0 Å². The maximum atomic E-state index is 9.83. The molecule has 1 heterocycles. The van der Waals surface area contributed by atoms with Gasteiger partial charge in [0.05, 0.1) is 12.4 Å². The first-order valence-corrected chi connectivity index (χ1v) is 4.68. The first-order valence-electron chi connectivity index (χ1n) is 4.68. The average molecular weight is 182 g/mol. The van der Waals surface area contributed by atoms with Gasteiger partial charge in [-0.25, -0.2) is 0 Å². The minimum Gasteiger partial charge on any atom is -0.467 e.